The third-order valence-electron chi connectivity index (χ3n) is 4.39. The fraction of sp³-hybridized carbons (Fsp3) is 0.562. The third kappa shape index (κ3) is 3.11. The van der Waals surface area contributed by atoms with E-state index in [9.17, 15) is 0 Å². The Morgan fingerprint density at radius 2 is 1.65 bits per heavy atom. The fourth-order valence-electron chi connectivity index (χ4n) is 3.18. The van der Waals surface area contributed by atoms with Crippen LogP contribution in [0.5, 0.6) is 0 Å². The molecule has 0 spiro atoms. The quantitative estimate of drug-likeness (QED) is 0.836. The minimum Gasteiger partial charge on any atom is -0.371 e. The largest absolute Gasteiger partial charge is 0.371 e. The highest BCUT2D eigenvalue weighted by atomic mass is 32.2. The molecule has 3 rings (SSSR count). The second kappa shape index (κ2) is 6.51. The van der Waals surface area contributed by atoms with Crippen LogP contribution in [0, 0.1) is 11.3 Å². The minimum absolute atomic E-state index is 0.745. The van der Waals surface area contributed by atoms with Gasteiger partial charge in [0.15, 0.2) is 0 Å². The van der Waals surface area contributed by atoms with E-state index in [2.05, 4.69) is 39.8 Å². The number of benzene rings is 1. The van der Waals surface area contributed by atoms with Crippen LogP contribution in [0.3, 0.4) is 0 Å². The number of thioether (sulfide) groups is 1. The third-order valence-corrected chi connectivity index (χ3v) is 5.33. The van der Waals surface area contributed by atoms with Gasteiger partial charge in [-0.15, -0.1) is 0 Å². The fourth-order valence-corrected chi connectivity index (χ4v) is 4.11. The molecule has 0 saturated carbocycles. The molecule has 0 aliphatic carbocycles. The van der Waals surface area contributed by atoms with Crippen LogP contribution >= 0.6 is 11.8 Å². The van der Waals surface area contributed by atoms with Crippen molar-refractivity contribution in [1.82, 2.24) is 4.90 Å². The van der Waals surface area contributed by atoms with Crippen LogP contribution in [-0.4, -0.2) is 48.6 Å². The van der Waals surface area contributed by atoms with Crippen molar-refractivity contribution in [2.75, 3.05) is 42.6 Å². The Morgan fingerprint density at radius 3 is 2.25 bits per heavy atom. The minimum atomic E-state index is 0.745. The molecular formula is C16H21N3S. The van der Waals surface area contributed by atoms with Crippen molar-refractivity contribution in [3.63, 3.8) is 0 Å². The van der Waals surface area contributed by atoms with E-state index in [1.807, 2.05) is 12.1 Å². The number of anilines is 1. The molecule has 1 aromatic rings. The molecule has 4 heteroatoms. The summed E-state index contributed by atoms with van der Waals surface area (Å²) in [4.78, 5) is 5.14. The van der Waals surface area contributed by atoms with E-state index < -0.39 is 0 Å². The van der Waals surface area contributed by atoms with Crippen molar-refractivity contribution in [2.45, 2.75) is 18.9 Å². The molecule has 2 fully saturated rings. The number of piperidine rings is 1. The van der Waals surface area contributed by atoms with Crippen LogP contribution in [0.4, 0.5) is 5.69 Å². The molecule has 1 aromatic carbocycles. The van der Waals surface area contributed by atoms with Crippen molar-refractivity contribution in [3.8, 4) is 6.07 Å². The van der Waals surface area contributed by atoms with Gasteiger partial charge in [-0.2, -0.15) is 17.0 Å². The topological polar surface area (TPSA) is 30.3 Å². The van der Waals surface area contributed by atoms with Crippen molar-refractivity contribution in [3.05, 3.63) is 29.8 Å². The summed E-state index contributed by atoms with van der Waals surface area (Å²) in [6.45, 7) is 4.82. The summed E-state index contributed by atoms with van der Waals surface area (Å²) in [5, 5.41) is 8.85. The van der Waals surface area contributed by atoms with Crippen molar-refractivity contribution in [2.24, 2.45) is 0 Å². The lowest BCUT2D eigenvalue weighted by molar-refractivity contribution is 0.186. The predicted molar refractivity (Wildman–Crippen MR) is 85.3 cm³/mol. The van der Waals surface area contributed by atoms with E-state index in [-0.39, 0.29) is 0 Å². The summed E-state index contributed by atoms with van der Waals surface area (Å²) >= 11 is 2.09. The molecule has 0 aromatic heterocycles. The van der Waals surface area contributed by atoms with Gasteiger partial charge in [0.05, 0.1) is 11.6 Å². The van der Waals surface area contributed by atoms with Gasteiger partial charge in [0, 0.05) is 49.4 Å². The molecule has 2 aliphatic heterocycles. The van der Waals surface area contributed by atoms with E-state index >= 15 is 0 Å². The van der Waals surface area contributed by atoms with Gasteiger partial charge in [0.1, 0.15) is 0 Å². The summed E-state index contributed by atoms with van der Waals surface area (Å²) in [5.41, 5.74) is 2.01. The maximum atomic E-state index is 8.85. The van der Waals surface area contributed by atoms with E-state index in [0.29, 0.717) is 0 Å². The lowest BCUT2D eigenvalue weighted by atomic mass is 10.0. The molecular weight excluding hydrogens is 266 g/mol. The highest BCUT2D eigenvalue weighted by Crippen LogP contribution is 2.24. The highest BCUT2D eigenvalue weighted by Gasteiger charge is 2.25. The van der Waals surface area contributed by atoms with Crippen LogP contribution in [0.15, 0.2) is 24.3 Å². The second-order valence-corrected chi connectivity index (χ2v) is 6.75. The average molecular weight is 287 g/mol. The van der Waals surface area contributed by atoms with E-state index in [1.165, 1.54) is 43.1 Å². The molecule has 20 heavy (non-hydrogen) atoms. The van der Waals surface area contributed by atoms with Gasteiger partial charge in [-0.05, 0) is 37.1 Å². The van der Waals surface area contributed by atoms with Gasteiger partial charge in [-0.1, -0.05) is 0 Å². The Bertz CT molecular complexity index is 465. The molecule has 0 N–H and O–H groups in total. The van der Waals surface area contributed by atoms with E-state index in [1.54, 1.807) is 0 Å². The lowest BCUT2D eigenvalue weighted by Crippen LogP contribution is -2.47. The van der Waals surface area contributed by atoms with Crippen molar-refractivity contribution in [1.29, 1.82) is 5.26 Å². The molecule has 3 nitrogen and oxygen atoms in total. The molecule has 0 atom stereocenters. The molecule has 2 aliphatic rings. The summed E-state index contributed by atoms with van der Waals surface area (Å²) in [6.07, 6.45) is 2.54. The van der Waals surface area contributed by atoms with Crippen LogP contribution in [0.1, 0.15) is 18.4 Å². The van der Waals surface area contributed by atoms with E-state index in [4.69, 9.17) is 5.26 Å². The van der Waals surface area contributed by atoms with Crippen LogP contribution in [0.25, 0.3) is 0 Å². The Hall–Kier alpha value is -1.18. The van der Waals surface area contributed by atoms with Gasteiger partial charge < -0.3 is 4.90 Å². The Balaban J connectivity index is 1.56. The monoisotopic (exact) mass is 287 g/mol. The summed E-state index contributed by atoms with van der Waals surface area (Å²) in [6, 6.07) is 11.0. The predicted octanol–water partition coefficient (Wildman–Crippen LogP) is 2.58. The molecule has 0 unspecified atom stereocenters. The first-order valence-corrected chi connectivity index (χ1v) is 8.59. The van der Waals surface area contributed by atoms with Gasteiger partial charge >= 0.3 is 0 Å². The van der Waals surface area contributed by atoms with E-state index in [0.717, 1.165) is 24.7 Å². The Labute approximate surface area is 125 Å². The summed E-state index contributed by atoms with van der Waals surface area (Å²) in [7, 11) is 0. The first-order chi connectivity index (χ1) is 9.86. The smallest absolute Gasteiger partial charge is 0.0991 e. The molecule has 2 heterocycles. The van der Waals surface area contributed by atoms with Crippen molar-refractivity contribution >= 4 is 17.4 Å². The Morgan fingerprint density at radius 1 is 1.00 bits per heavy atom. The maximum Gasteiger partial charge on any atom is 0.0991 e. The molecule has 0 radical (unpaired) electrons. The lowest BCUT2D eigenvalue weighted by Gasteiger charge is -2.40. The summed E-state index contributed by atoms with van der Waals surface area (Å²) in [5.74, 6) is 2.60. The number of rotatable bonds is 2. The SMILES string of the molecule is N#Cc1ccc(N2CCC(N3CCSCC3)CC2)cc1. The molecule has 0 bridgehead atoms. The standard InChI is InChI=1S/C16H21N3S/c17-13-14-1-3-15(4-2-14)18-7-5-16(6-8-18)19-9-11-20-12-10-19/h1-4,16H,5-12H2. The molecule has 2 saturated heterocycles. The number of nitriles is 1. The highest BCUT2D eigenvalue weighted by molar-refractivity contribution is 7.99. The number of hydrogen-bond acceptors (Lipinski definition) is 4. The second-order valence-electron chi connectivity index (χ2n) is 5.53. The average Bonchev–Trinajstić information content (AvgIpc) is 2.56. The van der Waals surface area contributed by atoms with Crippen molar-refractivity contribution < 1.29 is 0 Å². The summed E-state index contributed by atoms with van der Waals surface area (Å²) < 4.78 is 0. The van der Waals surface area contributed by atoms with Gasteiger partial charge in [-0.3, -0.25) is 4.90 Å². The van der Waals surface area contributed by atoms with Crippen LogP contribution in [-0.2, 0) is 0 Å². The van der Waals surface area contributed by atoms with Gasteiger partial charge in [0.25, 0.3) is 0 Å². The normalized spacial score (nSPS) is 21.6. The zero-order valence-electron chi connectivity index (χ0n) is 11.8. The zero-order chi connectivity index (χ0) is 13.8. The number of hydrogen-bond donors (Lipinski definition) is 0. The first kappa shape index (κ1) is 13.8. The number of nitrogens with zero attached hydrogens (tertiary/aromatic N) is 3. The van der Waals surface area contributed by atoms with Crippen LogP contribution in [0.2, 0.25) is 0 Å². The molecule has 0 amide bonds. The zero-order valence-corrected chi connectivity index (χ0v) is 12.6. The van der Waals surface area contributed by atoms with Gasteiger partial charge in [-0.25, -0.2) is 0 Å². The Kier molecular flexibility index (Phi) is 4.49. The van der Waals surface area contributed by atoms with Gasteiger partial charge in [0.2, 0.25) is 0 Å². The molecule has 106 valence electrons. The maximum absolute atomic E-state index is 8.85. The van der Waals surface area contributed by atoms with Crippen LogP contribution < -0.4 is 4.90 Å². The first-order valence-electron chi connectivity index (χ1n) is 7.44.